The van der Waals surface area contributed by atoms with Gasteiger partial charge in [0.2, 0.25) is 0 Å². The van der Waals surface area contributed by atoms with Gasteiger partial charge in [0.15, 0.2) is 0 Å². The predicted molar refractivity (Wildman–Crippen MR) is 123 cm³/mol. The molecule has 3 heteroatoms. The molecule has 0 spiro atoms. The van der Waals surface area contributed by atoms with Crippen LogP contribution in [0.1, 0.15) is 84.6 Å². The van der Waals surface area contributed by atoms with E-state index in [-0.39, 0.29) is 0 Å². The fraction of sp³-hybridized carbons (Fsp3) is 0.741. The van der Waals surface area contributed by atoms with Gasteiger partial charge in [-0.15, -0.1) is 0 Å². The van der Waals surface area contributed by atoms with Crippen LogP contribution in [0.5, 0.6) is 0 Å². The number of aliphatic hydroxyl groups is 1. The third-order valence-corrected chi connectivity index (χ3v) is 10.2. The maximum atomic E-state index is 9.58. The summed E-state index contributed by atoms with van der Waals surface area (Å²) >= 11 is 0. The Kier molecular flexibility index (Phi) is 5.24. The van der Waals surface area contributed by atoms with Crippen LogP contribution in [0, 0.1) is 34.5 Å². The third-order valence-electron chi connectivity index (χ3n) is 10.2. The molecule has 3 fully saturated rings. The molecule has 0 saturated heterocycles. The van der Waals surface area contributed by atoms with Gasteiger partial charge < -0.3 is 9.67 Å². The van der Waals surface area contributed by atoms with E-state index < -0.39 is 0 Å². The van der Waals surface area contributed by atoms with Crippen molar-refractivity contribution in [1.82, 2.24) is 9.55 Å². The molecule has 164 valence electrons. The number of aliphatic hydroxyl groups excluding tert-OH is 1. The number of nitrogens with zero attached hydrogens (tertiary/aromatic N) is 2. The summed E-state index contributed by atoms with van der Waals surface area (Å²) in [5.41, 5.74) is 3.26. The first-order valence-electron chi connectivity index (χ1n) is 12.6. The molecule has 0 radical (unpaired) electrons. The number of imidazole rings is 1. The highest BCUT2D eigenvalue weighted by molar-refractivity contribution is 5.75. The van der Waals surface area contributed by atoms with Crippen molar-refractivity contribution in [2.75, 3.05) is 6.61 Å². The third kappa shape index (κ3) is 2.91. The summed E-state index contributed by atoms with van der Waals surface area (Å²) in [6.45, 7) is 7.94. The fourth-order valence-corrected chi connectivity index (χ4v) is 8.71. The van der Waals surface area contributed by atoms with Gasteiger partial charge in [0.1, 0.15) is 0 Å². The second kappa shape index (κ2) is 7.65. The maximum Gasteiger partial charge on any atom is 0.0961 e. The molecule has 30 heavy (non-hydrogen) atoms. The molecule has 3 nitrogen and oxygen atoms in total. The Bertz CT molecular complexity index is 890. The Morgan fingerprint density at radius 2 is 1.90 bits per heavy atom. The summed E-state index contributed by atoms with van der Waals surface area (Å²) in [7, 11) is 0. The molecule has 1 heterocycles. The first kappa shape index (κ1) is 20.5. The van der Waals surface area contributed by atoms with Crippen LogP contribution in [0.15, 0.2) is 30.6 Å². The van der Waals surface area contributed by atoms with Gasteiger partial charge in [-0.2, -0.15) is 0 Å². The number of aromatic nitrogens is 2. The summed E-state index contributed by atoms with van der Waals surface area (Å²) in [4.78, 5) is 4.73. The molecular weight excluding hydrogens is 368 g/mol. The smallest absolute Gasteiger partial charge is 0.0961 e. The van der Waals surface area contributed by atoms with Crippen LogP contribution >= 0.6 is 0 Å². The molecule has 3 aliphatic rings. The molecule has 3 saturated carbocycles. The normalized spacial score (nSPS) is 41.0. The lowest BCUT2D eigenvalue weighted by Gasteiger charge is -2.59. The largest absolute Gasteiger partial charge is 0.396 e. The Morgan fingerprint density at radius 3 is 2.70 bits per heavy atom. The Labute approximate surface area is 182 Å². The second-order valence-corrected chi connectivity index (χ2v) is 11.2. The average molecular weight is 409 g/mol. The number of rotatable bonds is 5. The summed E-state index contributed by atoms with van der Waals surface area (Å²) < 4.78 is 2.53. The lowest BCUT2D eigenvalue weighted by atomic mass is 9.46. The molecule has 0 bridgehead atoms. The van der Waals surface area contributed by atoms with E-state index in [1.54, 1.807) is 0 Å². The highest BCUT2D eigenvalue weighted by Gasteiger charge is 2.59. The van der Waals surface area contributed by atoms with Crippen molar-refractivity contribution in [3.05, 3.63) is 30.6 Å². The molecule has 1 aromatic carbocycles. The molecule has 7 atom stereocenters. The van der Waals surface area contributed by atoms with Gasteiger partial charge in [-0.1, -0.05) is 39.3 Å². The van der Waals surface area contributed by atoms with Crippen molar-refractivity contribution in [1.29, 1.82) is 0 Å². The van der Waals surface area contributed by atoms with Crippen molar-refractivity contribution < 1.29 is 5.11 Å². The standard InChI is InChI=1S/C27H40N2O/c1-4-19-10-11-20-21-12-13-25(29-18-28-23-8-5-6-9-24(23)29)27(21,3)16-14-22(20)26(19,2)15-7-17-30/h5-6,8-9,18-22,25,30H,4,7,10-17H2,1-3H3. The SMILES string of the molecule is CCC1CCC2C(CCC3(C)C2CCC3n2cnc3ccccc32)C1(C)CCCO. The molecule has 3 aliphatic carbocycles. The van der Waals surface area contributed by atoms with Crippen molar-refractivity contribution >= 4 is 11.0 Å². The summed E-state index contributed by atoms with van der Waals surface area (Å²) in [5.74, 6) is 3.40. The monoisotopic (exact) mass is 408 g/mol. The van der Waals surface area contributed by atoms with Crippen molar-refractivity contribution in [3.8, 4) is 0 Å². The quantitative estimate of drug-likeness (QED) is 0.604. The van der Waals surface area contributed by atoms with E-state index in [1.807, 2.05) is 0 Å². The van der Waals surface area contributed by atoms with Crippen LogP contribution in [0.2, 0.25) is 0 Å². The topological polar surface area (TPSA) is 38.0 Å². The van der Waals surface area contributed by atoms with Crippen LogP contribution in [-0.2, 0) is 0 Å². The van der Waals surface area contributed by atoms with Gasteiger partial charge in [-0.3, -0.25) is 0 Å². The number of para-hydroxylation sites is 2. The number of hydrogen-bond acceptors (Lipinski definition) is 2. The van der Waals surface area contributed by atoms with E-state index in [4.69, 9.17) is 4.98 Å². The van der Waals surface area contributed by atoms with E-state index in [0.29, 0.717) is 23.5 Å². The zero-order valence-electron chi connectivity index (χ0n) is 19.2. The summed E-state index contributed by atoms with van der Waals surface area (Å²) in [6.07, 6.45) is 13.8. The average Bonchev–Trinajstić information content (AvgIpc) is 3.33. The van der Waals surface area contributed by atoms with Crippen molar-refractivity contribution in [3.63, 3.8) is 0 Å². The van der Waals surface area contributed by atoms with Crippen molar-refractivity contribution in [2.24, 2.45) is 34.5 Å². The van der Waals surface area contributed by atoms with Crippen LogP contribution in [-0.4, -0.2) is 21.3 Å². The molecule has 0 amide bonds. The molecule has 1 N–H and O–H groups in total. The summed E-state index contributed by atoms with van der Waals surface area (Å²) in [5, 5.41) is 9.58. The lowest BCUT2D eigenvalue weighted by Crippen LogP contribution is -2.52. The minimum Gasteiger partial charge on any atom is -0.396 e. The molecule has 2 aromatic rings. The van der Waals surface area contributed by atoms with Gasteiger partial charge in [0.05, 0.1) is 17.4 Å². The predicted octanol–water partition coefficient (Wildman–Crippen LogP) is 6.62. The molecule has 0 aliphatic heterocycles. The maximum absolute atomic E-state index is 9.58. The van der Waals surface area contributed by atoms with Crippen molar-refractivity contribution in [2.45, 2.75) is 84.6 Å². The molecule has 7 unspecified atom stereocenters. The van der Waals surface area contributed by atoms with E-state index in [9.17, 15) is 5.11 Å². The number of fused-ring (bicyclic) bond motifs is 4. The molecular formula is C27H40N2O. The first-order chi connectivity index (χ1) is 14.5. The minimum absolute atomic E-state index is 0.348. The van der Waals surface area contributed by atoms with Crippen LogP contribution < -0.4 is 0 Å². The van der Waals surface area contributed by atoms with Gasteiger partial charge in [0, 0.05) is 12.6 Å². The Balaban J connectivity index is 1.46. The minimum atomic E-state index is 0.348. The van der Waals surface area contributed by atoms with E-state index in [1.165, 1.54) is 56.9 Å². The number of hydrogen-bond donors (Lipinski definition) is 1. The first-order valence-corrected chi connectivity index (χ1v) is 12.6. The van der Waals surface area contributed by atoms with Crippen LogP contribution in [0.25, 0.3) is 11.0 Å². The highest BCUT2D eigenvalue weighted by Crippen LogP contribution is 2.67. The van der Waals surface area contributed by atoms with E-state index in [0.717, 1.165) is 35.6 Å². The molecule has 5 rings (SSSR count). The van der Waals surface area contributed by atoms with Gasteiger partial charge in [-0.25, -0.2) is 4.98 Å². The van der Waals surface area contributed by atoms with Gasteiger partial charge >= 0.3 is 0 Å². The lowest BCUT2D eigenvalue weighted by molar-refractivity contribution is -0.0998. The fourth-order valence-electron chi connectivity index (χ4n) is 8.71. The van der Waals surface area contributed by atoms with Crippen LogP contribution in [0.4, 0.5) is 0 Å². The second-order valence-electron chi connectivity index (χ2n) is 11.2. The van der Waals surface area contributed by atoms with E-state index >= 15 is 0 Å². The van der Waals surface area contributed by atoms with E-state index in [2.05, 4.69) is 55.9 Å². The summed E-state index contributed by atoms with van der Waals surface area (Å²) in [6, 6.07) is 9.25. The van der Waals surface area contributed by atoms with Gasteiger partial charge in [0.25, 0.3) is 0 Å². The number of benzene rings is 1. The zero-order valence-corrected chi connectivity index (χ0v) is 19.2. The molecule has 1 aromatic heterocycles. The zero-order chi connectivity index (χ0) is 20.9. The Hall–Kier alpha value is -1.35. The van der Waals surface area contributed by atoms with Crippen LogP contribution in [0.3, 0.4) is 0 Å². The van der Waals surface area contributed by atoms with Gasteiger partial charge in [-0.05, 0) is 98.0 Å². The Morgan fingerprint density at radius 1 is 1.07 bits per heavy atom. The highest BCUT2D eigenvalue weighted by atomic mass is 16.2.